The molecule has 0 radical (unpaired) electrons. The molecule has 0 fully saturated rings. The number of carbonyl (C=O) groups excluding carboxylic acids is 1. The zero-order chi connectivity index (χ0) is 11.3. The summed E-state index contributed by atoms with van der Waals surface area (Å²) in [5.41, 5.74) is 3.36. The fourth-order valence-corrected chi connectivity index (χ4v) is 1.50. The minimum absolute atomic E-state index is 0.248. The van der Waals surface area contributed by atoms with Crippen molar-refractivity contribution < 1.29 is 9.53 Å². The first-order valence-corrected chi connectivity index (χ1v) is 4.98. The number of hydrogen-bond acceptors (Lipinski definition) is 3. The zero-order valence-electron chi connectivity index (χ0n) is 9.41. The minimum Gasteiger partial charge on any atom is -0.361 e. The van der Waals surface area contributed by atoms with Gasteiger partial charge in [-0.25, -0.2) is 0 Å². The number of anilines is 1. The van der Waals surface area contributed by atoms with E-state index in [2.05, 4.69) is 5.32 Å². The molecule has 0 saturated carbocycles. The van der Waals surface area contributed by atoms with E-state index < -0.39 is 0 Å². The number of hydrogen-bond donors (Lipinski definition) is 1. The summed E-state index contributed by atoms with van der Waals surface area (Å²) in [7, 11) is 1.59. The molecule has 82 valence electrons. The van der Waals surface area contributed by atoms with E-state index in [1.54, 1.807) is 7.11 Å². The highest BCUT2D eigenvalue weighted by atomic mass is 16.5. The Labute approximate surface area is 90.4 Å². The van der Waals surface area contributed by atoms with Gasteiger partial charge in [0.25, 0.3) is 0 Å². The van der Waals surface area contributed by atoms with Crippen LogP contribution < -0.4 is 5.32 Å². The number of benzene rings is 1. The second-order valence-corrected chi connectivity index (χ2v) is 3.54. The van der Waals surface area contributed by atoms with E-state index in [0.29, 0.717) is 6.42 Å². The summed E-state index contributed by atoms with van der Waals surface area (Å²) in [4.78, 5) is 10.4. The number of rotatable bonds is 5. The van der Waals surface area contributed by atoms with Gasteiger partial charge >= 0.3 is 0 Å². The van der Waals surface area contributed by atoms with Gasteiger partial charge in [-0.3, -0.25) is 0 Å². The molecule has 0 aliphatic heterocycles. The first kappa shape index (κ1) is 11.7. The molecule has 15 heavy (non-hydrogen) atoms. The van der Waals surface area contributed by atoms with E-state index in [0.717, 1.165) is 23.1 Å². The average molecular weight is 207 g/mol. The summed E-state index contributed by atoms with van der Waals surface area (Å²) in [6.45, 7) is 4.06. The lowest BCUT2D eigenvalue weighted by Crippen LogP contribution is -2.23. The van der Waals surface area contributed by atoms with E-state index in [-0.39, 0.29) is 6.23 Å². The highest BCUT2D eigenvalue weighted by molar-refractivity contribution is 5.58. The van der Waals surface area contributed by atoms with Crippen LogP contribution in [0.25, 0.3) is 0 Å². The van der Waals surface area contributed by atoms with Crippen LogP contribution in [0.15, 0.2) is 18.2 Å². The standard InChI is InChI=1S/C12H17NO2/c1-9-5-4-6-10(2)12(9)13-11(15-3)7-8-14/h4-6,8,11,13H,7H2,1-3H3. The van der Waals surface area contributed by atoms with Crippen molar-refractivity contribution in [2.24, 2.45) is 0 Å². The van der Waals surface area contributed by atoms with Crippen molar-refractivity contribution in [2.75, 3.05) is 12.4 Å². The maximum atomic E-state index is 10.4. The smallest absolute Gasteiger partial charge is 0.133 e. The first-order valence-electron chi connectivity index (χ1n) is 4.98. The maximum absolute atomic E-state index is 10.4. The Morgan fingerprint density at radius 2 is 2.00 bits per heavy atom. The number of aryl methyl sites for hydroxylation is 2. The SMILES string of the molecule is COC(CC=O)Nc1c(C)cccc1C. The van der Waals surface area contributed by atoms with Crippen LogP contribution in [0, 0.1) is 13.8 Å². The Bertz CT molecular complexity index is 316. The normalized spacial score (nSPS) is 12.2. The van der Waals surface area contributed by atoms with Gasteiger partial charge in [-0.15, -0.1) is 0 Å². The third-order valence-electron chi connectivity index (χ3n) is 2.38. The van der Waals surface area contributed by atoms with E-state index in [4.69, 9.17) is 4.74 Å². The lowest BCUT2D eigenvalue weighted by molar-refractivity contribution is -0.109. The van der Waals surface area contributed by atoms with Crippen LogP contribution in [0.3, 0.4) is 0 Å². The summed E-state index contributed by atoms with van der Waals surface area (Å²) < 4.78 is 5.16. The third kappa shape index (κ3) is 3.06. The molecular formula is C12H17NO2. The van der Waals surface area contributed by atoms with Gasteiger partial charge in [0, 0.05) is 19.2 Å². The molecule has 1 N–H and O–H groups in total. The van der Waals surface area contributed by atoms with Crippen molar-refractivity contribution in [3.05, 3.63) is 29.3 Å². The van der Waals surface area contributed by atoms with Crippen LogP contribution in [0.2, 0.25) is 0 Å². The average Bonchev–Trinajstić information content (AvgIpc) is 2.22. The van der Waals surface area contributed by atoms with Crippen molar-refractivity contribution in [2.45, 2.75) is 26.5 Å². The van der Waals surface area contributed by atoms with Crippen molar-refractivity contribution in [3.63, 3.8) is 0 Å². The first-order chi connectivity index (χ1) is 7.19. The Morgan fingerprint density at radius 1 is 1.40 bits per heavy atom. The number of nitrogens with one attached hydrogen (secondary N) is 1. The molecule has 0 spiro atoms. The molecule has 3 nitrogen and oxygen atoms in total. The predicted octanol–water partition coefficient (Wildman–Crippen LogP) is 2.28. The molecule has 0 aliphatic carbocycles. The molecule has 0 amide bonds. The number of aldehydes is 1. The third-order valence-corrected chi connectivity index (χ3v) is 2.38. The monoisotopic (exact) mass is 207 g/mol. The van der Waals surface area contributed by atoms with Crippen LogP contribution in [0.4, 0.5) is 5.69 Å². The fraction of sp³-hybridized carbons (Fsp3) is 0.417. The van der Waals surface area contributed by atoms with Gasteiger partial charge in [0.15, 0.2) is 0 Å². The van der Waals surface area contributed by atoms with Gasteiger partial charge in [-0.2, -0.15) is 0 Å². The molecule has 1 atom stereocenters. The number of ether oxygens (including phenoxy) is 1. The summed E-state index contributed by atoms with van der Waals surface area (Å²) in [5.74, 6) is 0. The summed E-state index contributed by atoms with van der Waals surface area (Å²) in [6, 6.07) is 6.07. The van der Waals surface area contributed by atoms with Gasteiger partial charge < -0.3 is 14.8 Å². The maximum Gasteiger partial charge on any atom is 0.133 e. The number of carbonyl (C=O) groups is 1. The molecule has 1 aromatic carbocycles. The van der Waals surface area contributed by atoms with Gasteiger partial charge in [0.2, 0.25) is 0 Å². The molecule has 1 unspecified atom stereocenters. The van der Waals surface area contributed by atoms with Gasteiger partial charge in [0.1, 0.15) is 12.5 Å². The Morgan fingerprint density at radius 3 is 2.47 bits per heavy atom. The van der Waals surface area contributed by atoms with Crippen molar-refractivity contribution in [1.29, 1.82) is 0 Å². The molecule has 0 bridgehead atoms. The van der Waals surface area contributed by atoms with Gasteiger partial charge in [-0.1, -0.05) is 18.2 Å². The summed E-state index contributed by atoms with van der Waals surface area (Å²) in [5, 5.41) is 3.21. The van der Waals surface area contributed by atoms with E-state index in [1.807, 2.05) is 32.0 Å². The Hall–Kier alpha value is -1.35. The lowest BCUT2D eigenvalue weighted by Gasteiger charge is -2.19. The zero-order valence-corrected chi connectivity index (χ0v) is 9.41. The molecular weight excluding hydrogens is 190 g/mol. The Balaban J connectivity index is 2.82. The van der Waals surface area contributed by atoms with Crippen LogP contribution >= 0.6 is 0 Å². The fourth-order valence-electron chi connectivity index (χ4n) is 1.50. The van der Waals surface area contributed by atoms with Crippen LogP contribution in [-0.4, -0.2) is 19.6 Å². The second kappa shape index (κ2) is 5.51. The van der Waals surface area contributed by atoms with Crippen LogP contribution in [-0.2, 0) is 9.53 Å². The molecule has 1 rings (SSSR count). The van der Waals surface area contributed by atoms with Gasteiger partial charge in [-0.05, 0) is 25.0 Å². The summed E-state index contributed by atoms with van der Waals surface area (Å²) in [6.07, 6.45) is 0.960. The topological polar surface area (TPSA) is 38.3 Å². The van der Waals surface area contributed by atoms with Crippen molar-refractivity contribution >= 4 is 12.0 Å². The number of methoxy groups -OCH3 is 1. The largest absolute Gasteiger partial charge is 0.361 e. The van der Waals surface area contributed by atoms with E-state index in [9.17, 15) is 4.79 Å². The molecule has 3 heteroatoms. The second-order valence-electron chi connectivity index (χ2n) is 3.54. The minimum atomic E-state index is -0.248. The van der Waals surface area contributed by atoms with Crippen molar-refractivity contribution in [3.8, 4) is 0 Å². The van der Waals surface area contributed by atoms with E-state index in [1.165, 1.54) is 0 Å². The predicted molar refractivity (Wildman–Crippen MR) is 61.0 cm³/mol. The van der Waals surface area contributed by atoms with E-state index >= 15 is 0 Å². The lowest BCUT2D eigenvalue weighted by atomic mass is 10.1. The van der Waals surface area contributed by atoms with Crippen molar-refractivity contribution in [1.82, 2.24) is 0 Å². The molecule has 0 aromatic heterocycles. The molecule has 0 heterocycles. The van der Waals surface area contributed by atoms with Gasteiger partial charge in [0.05, 0.1) is 0 Å². The molecule has 0 aliphatic rings. The van der Waals surface area contributed by atoms with Crippen LogP contribution in [0.5, 0.6) is 0 Å². The number of para-hydroxylation sites is 1. The van der Waals surface area contributed by atoms with Crippen LogP contribution in [0.1, 0.15) is 17.5 Å². The molecule has 0 saturated heterocycles. The Kier molecular flexibility index (Phi) is 4.31. The quantitative estimate of drug-likeness (QED) is 0.594. The molecule has 1 aromatic rings. The summed E-state index contributed by atoms with van der Waals surface area (Å²) >= 11 is 0. The highest BCUT2D eigenvalue weighted by Gasteiger charge is 2.09. The highest BCUT2D eigenvalue weighted by Crippen LogP contribution is 2.20.